The summed E-state index contributed by atoms with van der Waals surface area (Å²) in [5.41, 5.74) is 17.8. The Morgan fingerprint density at radius 3 is 1.11 bits per heavy atom. The minimum atomic E-state index is -4.40. The average Bonchev–Trinajstić information content (AvgIpc) is 1.36. The molecule has 0 amide bonds. The number of aromatic nitrogens is 3. The number of alkyl halides is 3. The van der Waals surface area contributed by atoms with Crippen molar-refractivity contribution in [1.29, 1.82) is 0 Å². The number of nitrogens with zero attached hydrogens (tertiary/aromatic N) is 13. The van der Waals surface area contributed by atoms with E-state index in [1.165, 1.54) is 108 Å². The number of halogens is 8. The highest BCUT2D eigenvalue weighted by atomic mass is 32.1. The van der Waals surface area contributed by atoms with Gasteiger partial charge in [0.2, 0.25) is 0 Å². The van der Waals surface area contributed by atoms with Crippen molar-refractivity contribution < 1.29 is 94.5 Å². The lowest BCUT2D eigenvalue weighted by Gasteiger charge is -2.12. The molecule has 9 N–H and O–H groups in total. The first-order valence-corrected chi connectivity index (χ1v) is 44.6. The van der Waals surface area contributed by atoms with Gasteiger partial charge in [-0.2, -0.15) is 43.9 Å². The molecule has 14 rings (SSSR count). The molecule has 0 aliphatic heterocycles. The van der Waals surface area contributed by atoms with E-state index in [2.05, 4.69) is 110 Å². The number of aromatic carboxylic acids is 6. The summed E-state index contributed by atoms with van der Waals surface area (Å²) in [7, 11) is 0. The zero-order valence-electron chi connectivity index (χ0n) is 78.7. The highest BCUT2D eigenvalue weighted by Gasteiger charge is 2.31. The van der Waals surface area contributed by atoms with Crippen LogP contribution in [0.3, 0.4) is 0 Å². The van der Waals surface area contributed by atoms with Crippen LogP contribution in [0, 0.1) is 36.0 Å². The van der Waals surface area contributed by atoms with E-state index in [0.29, 0.717) is 56.7 Å². The molecular weight excluding hydrogens is 1860 g/mol. The van der Waals surface area contributed by atoms with Gasteiger partial charge in [0.05, 0.1) is 103 Å². The fourth-order valence-electron chi connectivity index (χ4n) is 12.6. The third-order valence-electron chi connectivity index (χ3n) is 20.4. The van der Waals surface area contributed by atoms with Crippen LogP contribution in [-0.2, 0) is 6.18 Å². The van der Waals surface area contributed by atoms with E-state index in [-0.39, 0.29) is 91.2 Å². The van der Waals surface area contributed by atoms with Crippen LogP contribution in [-0.4, -0.2) is 81.4 Å². The molecule has 0 aliphatic carbocycles. The molecule has 0 unspecified atom stereocenters. The lowest BCUT2D eigenvalue weighted by Crippen LogP contribution is -2.09. The normalized spacial score (nSPS) is 11.3. The monoisotopic (exact) mass is 1960 g/mol. The summed E-state index contributed by atoms with van der Waals surface area (Å²) < 4.78 is 107. The van der Waals surface area contributed by atoms with Gasteiger partial charge in [0.1, 0.15) is 28.6 Å². The zero-order chi connectivity index (χ0) is 104. The Bertz CT molecular complexity index is 6730. The Kier molecular flexibility index (Phi) is 39.4. The fraction of sp³-hybridized carbons (Fsp3) is 0.190. The SMILES string of the molecule is CC(C)c1cc(N=Nc2cccc(C(=O)O)c2)c(F)cc1F.CC(C)c1ccc(F)c(N=Nc2cccc(C(=O)O)c2)c1.CC(C)c1ccc(F)c(N=Nc2cccc(C(=O)O)c2)c1.CC(C)c1cccc(N=Nc2cc(C(=O)O)cc(C(=O)O)c2)c1.CC(C)c1cncc(NNc2cncc(-c3csc(Nc4cccc(C(F)(F)F)c4)n3)c2)c1.Cc1cc(F)c(N=Nc2cccc(C(=O)O)c2)cc1C(C)C. The van der Waals surface area contributed by atoms with Crippen molar-refractivity contribution in [2.24, 2.45) is 51.1 Å². The van der Waals surface area contributed by atoms with Crippen molar-refractivity contribution in [2.75, 3.05) is 16.2 Å². The summed E-state index contributed by atoms with van der Waals surface area (Å²) in [4.78, 5) is 78.6. The number of aryl methyl sites for hydroxylation is 1. The molecule has 11 aromatic carbocycles. The van der Waals surface area contributed by atoms with Crippen molar-refractivity contribution in [2.45, 2.75) is 132 Å². The van der Waals surface area contributed by atoms with Crippen LogP contribution in [0.2, 0.25) is 0 Å². The van der Waals surface area contributed by atoms with Gasteiger partial charge < -0.3 is 36.0 Å². The van der Waals surface area contributed by atoms with Gasteiger partial charge in [-0.3, -0.25) is 20.8 Å². The smallest absolute Gasteiger partial charge is 0.416 e. The molecule has 0 aliphatic rings. The molecule has 0 atom stereocenters. The summed E-state index contributed by atoms with van der Waals surface area (Å²) in [5, 5.41) is 97.9. The predicted octanol–water partition coefficient (Wildman–Crippen LogP) is 32.2. The number of anilines is 4. The first-order chi connectivity index (χ1) is 67.3. The number of hydrogen-bond donors (Lipinski definition) is 9. The van der Waals surface area contributed by atoms with E-state index in [9.17, 15) is 63.9 Å². The van der Waals surface area contributed by atoms with Crippen molar-refractivity contribution in [1.82, 2.24) is 15.0 Å². The maximum atomic E-state index is 14.0. The van der Waals surface area contributed by atoms with Crippen LogP contribution < -0.4 is 16.2 Å². The van der Waals surface area contributed by atoms with Crippen molar-refractivity contribution in [3.05, 3.63) is 374 Å². The van der Waals surface area contributed by atoms with E-state index in [1.54, 1.807) is 117 Å². The van der Waals surface area contributed by atoms with Crippen LogP contribution in [0.4, 0.5) is 114 Å². The molecule has 0 spiro atoms. The fourth-order valence-corrected chi connectivity index (χ4v) is 13.3. The Balaban J connectivity index is 0.000000192. The molecular formula is C105H98F8N16O12S. The van der Waals surface area contributed by atoms with Crippen molar-refractivity contribution >= 4 is 126 Å². The maximum Gasteiger partial charge on any atom is 0.416 e. The topological polar surface area (TPSA) is 422 Å². The quantitative estimate of drug-likeness (QED) is 0.0125. The Labute approximate surface area is 815 Å². The molecule has 142 heavy (non-hydrogen) atoms. The first-order valence-electron chi connectivity index (χ1n) is 43.7. The van der Waals surface area contributed by atoms with Gasteiger partial charge in [0.25, 0.3) is 0 Å². The number of thiazole rings is 1. The number of benzene rings is 11. The number of hydrazine groups is 1. The van der Waals surface area contributed by atoms with Crippen LogP contribution >= 0.6 is 11.3 Å². The molecule has 0 saturated carbocycles. The number of rotatable bonds is 28. The molecule has 0 fully saturated rings. The molecule has 0 bridgehead atoms. The van der Waals surface area contributed by atoms with Gasteiger partial charge in [-0.1, -0.05) is 138 Å². The molecule has 732 valence electrons. The van der Waals surface area contributed by atoms with E-state index < -0.39 is 76.6 Å². The lowest BCUT2D eigenvalue weighted by molar-refractivity contribution is -0.137. The van der Waals surface area contributed by atoms with Gasteiger partial charge in [-0.05, 0) is 257 Å². The molecule has 28 nitrogen and oxygen atoms in total. The van der Waals surface area contributed by atoms with E-state index in [4.69, 9.17) is 30.6 Å². The van der Waals surface area contributed by atoms with E-state index in [0.717, 1.165) is 74.6 Å². The van der Waals surface area contributed by atoms with Gasteiger partial charge >= 0.3 is 42.0 Å². The lowest BCUT2D eigenvalue weighted by atomic mass is 9.97. The van der Waals surface area contributed by atoms with E-state index in [1.807, 2.05) is 90.4 Å². The average molecular weight is 1960 g/mol. The largest absolute Gasteiger partial charge is 0.478 e. The minimum Gasteiger partial charge on any atom is -0.478 e. The van der Waals surface area contributed by atoms with Crippen LogP contribution in [0.25, 0.3) is 11.3 Å². The third-order valence-corrected chi connectivity index (χ3v) is 21.1. The summed E-state index contributed by atoms with van der Waals surface area (Å²) >= 11 is 1.30. The minimum absolute atomic E-state index is 0.0545. The summed E-state index contributed by atoms with van der Waals surface area (Å²) in [5.74, 6) is -8.09. The number of azo groups is 5. The second kappa shape index (κ2) is 51.4. The summed E-state index contributed by atoms with van der Waals surface area (Å²) in [6, 6.07) is 58.6. The van der Waals surface area contributed by atoms with Gasteiger partial charge in [0, 0.05) is 35.1 Å². The number of carbonyl (C=O) groups is 6. The summed E-state index contributed by atoms with van der Waals surface area (Å²) in [6.07, 6.45) is 2.51. The predicted molar refractivity (Wildman–Crippen MR) is 528 cm³/mol. The maximum absolute atomic E-state index is 14.0. The van der Waals surface area contributed by atoms with Gasteiger partial charge in [-0.15, -0.1) is 31.8 Å². The molecule has 3 aromatic heterocycles. The number of nitrogens with one attached hydrogen (secondary N) is 3. The Morgan fingerprint density at radius 2 is 0.683 bits per heavy atom. The number of carboxylic acid groups (broad SMARTS) is 6. The van der Waals surface area contributed by atoms with Crippen LogP contribution in [0.5, 0.6) is 0 Å². The molecule has 3 heterocycles. The molecule has 0 saturated heterocycles. The third kappa shape index (κ3) is 33.4. The standard InChI is InChI=1S/C23H21F3N6S.C17H17FN2O2.C17H16N2O4.C16H14F2N2O2.2C16H15FN2O2/c1-14(2)15-6-19(11-27-9-15)31-32-20-7-16(10-28-12-20)21-13-33-22(30-21)29-18-5-3-4-17(8-18)23(24,25)26;1-10(2)14-9-16(15(18)7-11(14)3)20-19-13-6-4-5-12(8-13)17(21)22;1-10(2)11-4-3-5-14(7-11)18-19-15-8-12(16(20)21)6-13(9-15)17(22)23;1-9(2)12-7-15(14(18)8-13(12)17)20-19-11-5-3-4-10(6-11)16(21)22;2*1-10(2)11-6-7-14(17)15(9-11)19-18-13-5-3-4-12(8-13)16(20)21/h3-14,31-32H,1-2H3,(H,29,30);4-10H,1-3H3,(H,21,22);3-10H,1-2H3,(H,20,21)(H,22,23);3-9H,1-2H3,(H,21,22);2*3-10H,1-2H3,(H,20,21). The Morgan fingerprint density at radius 1 is 0.317 bits per heavy atom. The van der Waals surface area contributed by atoms with Crippen LogP contribution in [0.15, 0.2) is 318 Å². The van der Waals surface area contributed by atoms with E-state index >= 15 is 0 Å². The van der Waals surface area contributed by atoms with Gasteiger partial charge in [0.15, 0.2) is 28.4 Å². The number of carboxylic acids is 6. The second-order valence-electron chi connectivity index (χ2n) is 33.2. The number of pyridine rings is 2. The highest BCUT2D eigenvalue weighted by Crippen LogP contribution is 2.38. The molecule has 37 heteroatoms. The zero-order valence-corrected chi connectivity index (χ0v) is 79.6. The molecule has 0 radical (unpaired) electrons. The van der Waals surface area contributed by atoms with Crippen molar-refractivity contribution in [3.8, 4) is 11.3 Å². The molecule has 14 aromatic rings. The highest BCUT2D eigenvalue weighted by molar-refractivity contribution is 7.14. The summed E-state index contributed by atoms with van der Waals surface area (Å²) in [6.45, 7) is 25.8. The van der Waals surface area contributed by atoms with Crippen LogP contribution in [0.1, 0.15) is 225 Å². The van der Waals surface area contributed by atoms with Gasteiger partial charge in [-0.25, -0.2) is 55.7 Å². The number of hydrogen-bond acceptors (Lipinski definition) is 23. The Hall–Kier alpha value is -17.0. The first kappa shape index (κ1) is 109. The second-order valence-corrected chi connectivity index (χ2v) is 34.0. The van der Waals surface area contributed by atoms with Crippen molar-refractivity contribution in [3.63, 3.8) is 0 Å².